The molecule has 1 heterocycles. The summed E-state index contributed by atoms with van der Waals surface area (Å²) in [5.41, 5.74) is 6.40. The maximum atomic E-state index is 6.11. The molecular weight excluding hydrogens is 196 g/mol. The van der Waals surface area contributed by atoms with Gasteiger partial charge in [0.25, 0.3) is 0 Å². The average Bonchev–Trinajstić information content (AvgIpc) is 2.59. The Morgan fingerprint density at radius 3 is 1.81 bits per heavy atom. The molecule has 0 bridgehead atoms. The van der Waals surface area contributed by atoms with Crippen molar-refractivity contribution in [3.05, 3.63) is 0 Å². The molecule has 2 unspecified atom stereocenters. The second kappa shape index (κ2) is 6.02. The molecule has 1 saturated heterocycles. The maximum absolute atomic E-state index is 6.11. The van der Waals surface area contributed by atoms with Crippen LogP contribution in [0.15, 0.2) is 0 Å². The quantitative estimate of drug-likeness (QED) is 0.754. The molecule has 1 rings (SSSR count). The van der Waals surface area contributed by atoms with E-state index in [1.165, 1.54) is 38.8 Å². The highest BCUT2D eigenvalue weighted by molar-refractivity contribution is 4.96. The van der Waals surface area contributed by atoms with E-state index >= 15 is 0 Å². The average molecular weight is 226 g/mol. The van der Waals surface area contributed by atoms with Crippen LogP contribution in [-0.2, 0) is 0 Å². The van der Waals surface area contributed by atoms with E-state index in [4.69, 9.17) is 5.73 Å². The molecule has 0 aromatic heterocycles. The first-order chi connectivity index (χ1) is 7.59. The van der Waals surface area contributed by atoms with E-state index in [9.17, 15) is 0 Å². The van der Waals surface area contributed by atoms with Gasteiger partial charge >= 0.3 is 0 Å². The fourth-order valence-corrected chi connectivity index (χ4v) is 3.22. The van der Waals surface area contributed by atoms with Crippen LogP contribution in [0.1, 0.15) is 53.4 Å². The van der Waals surface area contributed by atoms with Gasteiger partial charge in [0.05, 0.1) is 0 Å². The predicted molar refractivity (Wildman–Crippen MR) is 71.5 cm³/mol. The van der Waals surface area contributed by atoms with E-state index in [-0.39, 0.29) is 0 Å². The van der Waals surface area contributed by atoms with Crippen LogP contribution in [0.3, 0.4) is 0 Å². The molecule has 96 valence electrons. The largest absolute Gasteiger partial charge is 0.329 e. The van der Waals surface area contributed by atoms with Gasteiger partial charge in [0, 0.05) is 25.2 Å². The normalized spacial score (nSPS) is 27.6. The molecule has 1 aliphatic heterocycles. The van der Waals surface area contributed by atoms with E-state index in [2.05, 4.69) is 32.6 Å². The Kier molecular flexibility index (Phi) is 5.26. The highest BCUT2D eigenvalue weighted by Gasteiger charge is 2.39. The molecule has 0 aromatic carbocycles. The third-order valence-corrected chi connectivity index (χ3v) is 4.47. The van der Waals surface area contributed by atoms with Gasteiger partial charge in [0.15, 0.2) is 0 Å². The highest BCUT2D eigenvalue weighted by atomic mass is 15.2. The Morgan fingerprint density at radius 2 is 1.50 bits per heavy atom. The monoisotopic (exact) mass is 226 g/mol. The summed E-state index contributed by atoms with van der Waals surface area (Å²) in [7, 11) is 0. The van der Waals surface area contributed by atoms with Gasteiger partial charge in [0.2, 0.25) is 0 Å². The van der Waals surface area contributed by atoms with E-state index in [0.717, 1.165) is 18.4 Å². The first-order valence-corrected chi connectivity index (χ1v) is 7.04. The zero-order valence-electron chi connectivity index (χ0n) is 11.6. The highest BCUT2D eigenvalue weighted by Crippen LogP contribution is 2.34. The van der Waals surface area contributed by atoms with Crippen LogP contribution in [0.5, 0.6) is 0 Å². The lowest BCUT2D eigenvalue weighted by Gasteiger charge is -2.41. The number of nitrogens with two attached hydrogens (primary N) is 1. The summed E-state index contributed by atoms with van der Waals surface area (Å²) in [4.78, 5) is 2.69. The molecule has 16 heavy (non-hydrogen) atoms. The van der Waals surface area contributed by atoms with Gasteiger partial charge in [-0.1, -0.05) is 40.5 Å². The van der Waals surface area contributed by atoms with Crippen LogP contribution in [-0.4, -0.2) is 30.1 Å². The van der Waals surface area contributed by atoms with Crippen molar-refractivity contribution in [1.29, 1.82) is 0 Å². The van der Waals surface area contributed by atoms with Gasteiger partial charge in [-0.3, -0.25) is 4.90 Å². The van der Waals surface area contributed by atoms with Crippen LogP contribution < -0.4 is 5.73 Å². The summed E-state index contributed by atoms with van der Waals surface area (Å²) in [6.45, 7) is 12.6. The summed E-state index contributed by atoms with van der Waals surface area (Å²) in [6, 6.07) is 0. The first-order valence-electron chi connectivity index (χ1n) is 7.04. The van der Waals surface area contributed by atoms with Gasteiger partial charge in [-0.2, -0.15) is 0 Å². The smallest absolute Gasteiger partial charge is 0.0331 e. The molecule has 0 radical (unpaired) electrons. The fraction of sp³-hybridized carbons (Fsp3) is 1.00. The van der Waals surface area contributed by atoms with E-state index in [1.54, 1.807) is 0 Å². The van der Waals surface area contributed by atoms with Crippen LogP contribution in [0.4, 0.5) is 0 Å². The molecule has 2 nitrogen and oxygen atoms in total. The predicted octanol–water partition coefficient (Wildman–Crippen LogP) is 2.87. The standard InChI is InChI=1S/C14H30N2/c1-5-7-14(11-15,8-6-2)16-9-12(3)13(4)10-16/h12-13H,5-11,15H2,1-4H3. The molecule has 0 spiro atoms. The maximum Gasteiger partial charge on any atom is 0.0331 e. The van der Waals surface area contributed by atoms with Crippen LogP contribution in [0.2, 0.25) is 0 Å². The molecule has 2 N–H and O–H groups in total. The number of hydrogen-bond donors (Lipinski definition) is 1. The first kappa shape index (κ1) is 14.0. The Hall–Kier alpha value is -0.0800. The molecule has 2 heteroatoms. The Labute approximate surface area is 102 Å². The summed E-state index contributed by atoms with van der Waals surface area (Å²) in [5.74, 6) is 1.67. The number of nitrogens with zero attached hydrogens (tertiary/aromatic N) is 1. The topological polar surface area (TPSA) is 29.3 Å². The van der Waals surface area contributed by atoms with E-state index in [1.807, 2.05) is 0 Å². The Bertz CT molecular complexity index is 187. The summed E-state index contributed by atoms with van der Waals surface area (Å²) >= 11 is 0. The third-order valence-electron chi connectivity index (χ3n) is 4.47. The minimum absolute atomic E-state index is 0.294. The Morgan fingerprint density at radius 1 is 1.06 bits per heavy atom. The summed E-state index contributed by atoms with van der Waals surface area (Å²) < 4.78 is 0. The molecule has 0 amide bonds. The number of hydrogen-bond acceptors (Lipinski definition) is 2. The summed E-state index contributed by atoms with van der Waals surface area (Å²) in [6.07, 6.45) is 5.01. The second-order valence-electron chi connectivity index (χ2n) is 5.79. The summed E-state index contributed by atoms with van der Waals surface area (Å²) in [5, 5.41) is 0. The van der Waals surface area contributed by atoms with E-state index < -0.39 is 0 Å². The minimum Gasteiger partial charge on any atom is -0.329 e. The molecule has 2 atom stereocenters. The second-order valence-corrected chi connectivity index (χ2v) is 5.79. The molecule has 0 saturated carbocycles. The Balaban J connectivity index is 2.75. The molecular formula is C14H30N2. The lowest BCUT2D eigenvalue weighted by Crippen LogP contribution is -2.53. The van der Waals surface area contributed by atoms with Crippen LogP contribution >= 0.6 is 0 Å². The zero-order valence-corrected chi connectivity index (χ0v) is 11.6. The van der Waals surface area contributed by atoms with Crippen molar-refractivity contribution in [2.45, 2.75) is 58.9 Å². The van der Waals surface area contributed by atoms with Gasteiger partial charge in [-0.25, -0.2) is 0 Å². The fourth-order valence-electron chi connectivity index (χ4n) is 3.22. The van der Waals surface area contributed by atoms with Gasteiger partial charge in [-0.05, 0) is 24.7 Å². The van der Waals surface area contributed by atoms with Gasteiger partial charge in [-0.15, -0.1) is 0 Å². The molecule has 1 aliphatic rings. The SMILES string of the molecule is CCCC(CN)(CCC)N1CC(C)C(C)C1. The van der Waals surface area contributed by atoms with Crippen molar-refractivity contribution >= 4 is 0 Å². The van der Waals surface area contributed by atoms with Crippen molar-refractivity contribution in [2.75, 3.05) is 19.6 Å². The van der Waals surface area contributed by atoms with Gasteiger partial charge < -0.3 is 5.73 Å². The van der Waals surface area contributed by atoms with Crippen molar-refractivity contribution in [3.63, 3.8) is 0 Å². The number of rotatable bonds is 6. The van der Waals surface area contributed by atoms with Crippen molar-refractivity contribution in [3.8, 4) is 0 Å². The molecule has 1 fully saturated rings. The van der Waals surface area contributed by atoms with Gasteiger partial charge in [0.1, 0.15) is 0 Å². The molecule has 0 aliphatic carbocycles. The third kappa shape index (κ3) is 2.78. The van der Waals surface area contributed by atoms with Crippen LogP contribution in [0.25, 0.3) is 0 Å². The van der Waals surface area contributed by atoms with Crippen molar-refractivity contribution in [2.24, 2.45) is 17.6 Å². The number of likely N-dealkylation sites (tertiary alicyclic amines) is 1. The van der Waals surface area contributed by atoms with Crippen molar-refractivity contribution in [1.82, 2.24) is 4.90 Å². The zero-order chi connectivity index (χ0) is 12.2. The van der Waals surface area contributed by atoms with Crippen molar-refractivity contribution < 1.29 is 0 Å². The lowest BCUT2D eigenvalue weighted by molar-refractivity contribution is 0.0952. The lowest BCUT2D eigenvalue weighted by atomic mass is 9.87. The molecule has 0 aromatic rings. The van der Waals surface area contributed by atoms with E-state index in [0.29, 0.717) is 5.54 Å². The minimum atomic E-state index is 0.294. The van der Waals surface area contributed by atoms with Crippen LogP contribution in [0, 0.1) is 11.8 Å².